The van der Waals surface area contributed by atoms with Crippen LogP contribution in [0.5, 0.6) is 0 Å². The highest BCUT2D eigenvalue weighted by molar-refractivity contribution is 5.99. The van der Waals surface area contributed by atoms with Crippen molar-refractivity contribution >= 4 is 23.2 Å². The van der Waals surface area contributed by atoms with E-state index in [1.54, 1.807) is 24.3 Å². The number of carbonyl (C=O) groups excluding carboxylic acids is 2. The maximum Gasteiger partial charge on any atom is 0.254 e. The van der Waals surface area contributed by atoms with E-state index in [1.807, 2.05) is 36.9 Å². The average molecular weight is 551 g/mol. The number of anilines is 2. The topological polar surface area (TPSA) is 106 Å². The third kappa shape index (κ3) is 6.56. The SMILES string of the molecule is C#C/C=C(\C(C#N)=C/C)N1CCC(Nc2cc(C(=O)N3CCN(c4ccccc4C(N)=O)CC3)c(C)cc2C)CC1. The predicted octanol–water partition coefficient (Wildman–Crippen LogP) is 4.23. The van der Waals surface area contributed by atoms with Crippen molar-refractivity contribution < 1.29 is 9.59 Å². The molecular formula is C33H38N6O2. The van der Waals surface area contributed by atoms with E-state index in [4.69, 9.17) is 12.2 Å². The number of terminal acetylenes is 1. The molecule has 0 aromatic heterocycles. The molecule has 0 aliphatic carbocycles. The lowest BCUT2D eigenvalue weighted by molar-refractivity contribution is 0.0745. The summed E-state index contributed by atoms with van der Waals surface area (Å²) in [6.07, 6.45) is 10.8. The lowest BCUT2D eigenvalue weighted by Crippen LogP contribution is -2.49. The number of para-hydroxylation sites is 1. The zero-order chi connectivity index (χ0) is 29.5. The van der Waals surface area contributed by atoms with Crippen LogP contribution in [0.4, 0.5) is 11.4 Å². The summed E-state index contributed by atoms with van der Waals surface area (Å²) in [5.74, 6) is 2.14. The fourth-order valence-electron chi connectivity index (χ4n) is 5.69. The maximum absolute atomic E-state index is 13.6. The normalized spacial score (nSPS) is 16.7. The van der Waals surface area contributed by atoms with Crippen molar-refractivity contribution in [2.45, 2.75) is 39.7 Å². The van der Waals surface area contributed by atoms with E-state index < -0.39 is 5.91 Å². The minimum atomic E-state index is -0.450. The summed E-state index contributed by atoms with van der Waals surface area (Å²) in [4.78, 5) is 31.7. The van der Waals surface area contributed by atoms with Crippen molar-refractivity contribution in [1.82, 2.24) is 9.80 Å². The van der Waals surface area contributed by atoms with E-state index in [1.165, 1.54) is 0 Å². The Bertz CT molecular complexity index is 1450. The Labute approximate surface area is 243 Å². The van der Waals surface area contributed by atoms with Crippen molar-refractivity contribution in [2.75, 3.05) is 49.5 Å². The molecular weight excluding hydrogens is 512 g/mol. The molecule has 8 heteroatoms. The number of primary amides is 1. The molecule has 2 aliphatic heterocycles. The van der Waals surface area contributed by atoms with Gasteiger partial charge in [0.15, 0.2) is 0 Å². The number of hydrogen-bond donors (Lipinski definition) is 2. The second-order valence-electron chi connectivity index (χ2n) is 10.6. The van der Waals surface area contributed by atoms with Gasteiger partial charge < -0.3 is 25.8 Å². The van der Waals surface area contributed by atoms with Crippen LogP contribution in [-0.2, 0) is 0 Å². The summed E-state index contributed by atoms with van der Waals surface area (Å²) in [6, 6.07) is 13.9. The number of aryl methyl sites for hydroxylation is 2. The van der Waals surface area contributed by atoms with Gasteiger partial charge in [-0.2, -0.15) is 5.26 Å². The van der Waals surface area contributed by atoms with Crippen LogP contribution in [0.1, 0.15) is 51.6 Å². The predicted molar refractivity (Wildman–Crippen MR) is 163 cm³/mol. The molecule has 0 atom stereocenters. The van der Waals surface area contributed by atoms with Crippen LogP contribution >= 0.6 is 0 Å². The number of hydrogen-bond acceptors (Lipinski definition) is 6. The van der Waals surface area contributed by atoms with E-state index in [0.717, 1.165) is 54.1 Å². The molecule has 4 rings (SSSR count). The summed E-state index contributed by atoms with van der Waals surface area (Å²) in [5, 5.41) is 13.2. The number of nitrogens with two attached hydrogens (primary N) is 1. The van der Waals surface area contributed by atoms with Gasteiger partial charge in [0.1, 0.15) is 6.07 Å². The number of piperazine rings is 1. The van der Waals surface area contributed by atoms with Gasteiger partial charge in [-0.3, -0.25) is 9.59 Å². The van der Waals surface area contributed by atoms with Crippen LogP contribution in [-0.4, -0.2) is 66.9 Å². The maximum atomic E-state index is 13.6. The molecule has 2 aromatic carbocycles. The van der Waals surface area contributed by atoms with Crippen LogP contribution in [0.3, 0.4) is 0 Å². The van der Waals surface area contributed by atoms with E-state index >= 15 is 0 Å². The van der Waals surface area contributed by atoms with Crippen LogP contribution in [0.25, 0.3) is 0 Å². The van der Waals surface area contributed by atoms with Gasteiger partial charge in [-0.05, 0) is 62.9 Å². The summed E-state index contributed by atoms with van der Waals surface area (Å²) in [5.41, 5.74) is 12.0. The molecule has 0 saturated carbocycles. The van der Waals surface area contributed by atoms with Crippen molar-refractivity contribution in [2.24, 2.45) is 5.73 Å². The monoisotopic (exact) mass is 550 g/mol. The Hall–Kier alpha value is -4.69. The number of piperidine rings is 1. The van der Waals surface area contributed by atoms with Crippen molar-refractivity contribution in [3.8, 4) is 18.4 Å². The Kier molecular flexibility index (Phi) is 9.37. The van der Waals surface area contributed by atoms with Gasteiger partial charge in [0.05, 0.1) is 16.8 Å². The van der Waals surface area contributed by atoms with Gasteiger partial charge in [0.25, 0.3) is 11.8 Å². The molecule has 0 spiro atoms. The van der Waals surface area contributed by atoms with Crippen LogP contribution in [0.2, 0.25) is 0 Å². The molecule has 2 aromatic rings. The second kappa shape index (κ2) is 13.1. The zero-order valence-electron chi connectivity index (χ0n) is 24.1. The highest BCUT2D eigenvalue weighted by atomic mass is 16.2. The minimum absolute atomic E-state index is 0.0163. The summed E-state index contributed by atoms with van der Waals surface area (Å²) in [6.45, 7) is 9.83. The van der Waals surface area contributed by atoms with Gasteiger partial charge in [-0.15, -0.1) is 6.42 Å². The third-order valence-corrected chi connectivity index (χ3v) is 7.98. The molecule has 2 heterocycles. The number of benzene rings is 2. The smallest absolute Gasteiger partial charge is 0.254 e. The Morgan fingerprint density at radius 3 is 2.29 bits per heavy atom. The molecule has 0 bridgehead atoms. The number of rotatable bonds is 7. The molecule has 2 amide bonds. The highest BCUT2D eigenvalue weighted by Crippen LogP contribution is 2.28. The van der Waals surface area contributed by atoms with E-state index in [0.29, 0.717) is 42.9 Å². The van der Waals surface area contributed by atoms with Crippen molar-refractivity contribution in [1.29, 1.82) is 5.26 Å². The quantitative estimate of drug-likeness (QED) is 0.304. The summed E-state index contributed by atoms with van der Waals surface area (Å²) in [7, 11) is 0. The Morgan fingerprint density at radius 1 is 1.00 bits per heavy atom. The number of amides is 2. The molecule has 0 unspecified atom stereocenters. The van der Waals surface area contributed by atoms with Gasteiger partial charge in [-0.25, -0.2) is 0 Å². The molecule has 2 saturated heterocycles. The molecule has 2 fully saturated rings. The standard InChI is InChI=1S/C33H38N6O2/c1-5-9-30(25(6-2)22-34)37-14-12-26(13-15-37)36-29-21-28(23(3)20-24(29)4)33(41)39-18-16-38(17-19-39)31-11-8-7-10-27(31)32(35)40/h1,6-11,20-21,26,36H,12-19H2,2-4H3,(H2,35,40)/b25-6-,30-9+. The minimum Gasteiger partial charge on any atom is -0.382 e. The fraction of sp³-hybridized carbons (Fsp3) is 0.364. The Balaban J connectivity index is 1.41. The highest BCUT2D eigenvalue weighted by Gasteiger charge is 2.27. The summed E-state index contributed by atoms with van der Waals surface area (Å²) < 4.78 is 0. The average Bonchev–Trinajstić information content (AvgIpc) is 2.99. The lowest BCUT2D eigenvalue weighted by Gasteiger charge is -2.37. The molecule has 8 nitrogen and oxygen atoms in total. The molecule has 3 N–H and O–H groups in total. The molecule has 41 heavy (non-hydrogen) atoms. The lowest BCUT2D eigenvalue weighted by atomic mass is 9.99. The second-order valence-corrected chi connectivity index (χ2v) is 10.6. The van der Waals surface area contributed by atoms with Gasteiger partial charge in [0.2, 0.25) is 0 Å². The number of nitriles is 1. The van der Waals surface area contributed by atoms with Crippen molar-refractivity contribution in [3.05, 3.63) is 82.1 Å². The van der Waals surface area contributed by atoms with Gasteiger partial charge in [0, 0.05) is 68.3 Å². The molecule has 2 aliphatic rings. The van der Waals surface area contributed by atoms with Crippen LogP contribution < -0.4 is 16.0 Å². The van der Waals surface area contributed by atoms with Gasteiger partial charge >= 0.3 is 0 Å². The number of nitrogens with zero attached hydrogens (tertiary/aromatic N) is 4. The van der Waals surface area contributed by atoms with E-state index in [9.17, 15) is 14.9 Å². The first-order valence-corrected chi connectivity index (χ1v) is 14.1. The number of likely N-dealkylation sites (tertiary alicyclic amines) is 1. The number of nitrogens with one attached hydrogen (secondary N) is 1. The molecule has 212 valence electrons. The largest absolute Gasteiger partial charge is 0.382 e. The van der Waals surface area contributed by atoms with Crippen LogP contribution in [0.15, 0.2) is 59.8 Å². The first-order chi connectivity index (χ1) is 19.8. The summed E-state index contributed by atoms with van der Waals surface area (Å²) >= 11 is 0. The van der Waals surface area contributed by atoms with Crippen LogP contribution in [0, 0.1) is 37.5 Å². The number of allylic oxidation sites excluding steroid dienone is 3. The first kappa shape index (κ1) is 29.3. The third-order valence-electron chi connectivity index (χ3n) is 7.98. The Morgan fingerprint density at radius 2 is 1.68 bits per heavy atom. The van der Waals surface area contributed by atoms with E-state index in [-0.39, 0.29) is 11.9 Å². The van der Waals surface area contributed by atoms with Crippen molar-refractivity contribution in [3.63, 3.8) is 0 Å². The van der Waals surface area contributed by atoms with Gasteiger partial charge in [-0.1, -0.05) is 30.2 Å². The zero-order valence-corrected chi connectivity index (χ0v) is 24.1. The molecule has 0 radical (unpaired) electrons. The van der Waals surface area contributed by atoms with E-state index in [2.05, 4.69) is 40.1 Å². The number of carbonyl (C=O) groups is 2. The first-order valence-electron chi connectivity index (χ1n) is 14.1. The fourth-order valence-corrected chi connectivity index (χ4v) is 5.69.